The van der Waals surface area contributed by atoms with E-state index in [4.69, 9.17) is 4.74 Å². The molecule has 2 fully saturated rings. The van der Waals surface area contributed by atoms with Crippen molar-refractivity contribution in [3.05, 3.63) is 0 Å². The molecule has 0 aromatic carbocycles. The summed E-state index contributed by atoms with van der Waals surface area (Å²) in [5.41, 5.74) is 0. The minimum Gasteiger partial charge on any atom is -0.373 e. The third-order valence-corrected chi connectivity index (χ3v) is 3.39. The predicted octanol–water partition coefficient (Wildman–Crippen LogP) is 1.24. The Morgan fingerprint density at radius 1 is 1.20 bits per heavy atom. The van der Waals surface area contributed by atoms with Gasteiger partial charge in [-0.3, -0.25) is 4.90 Å². The second kappa shape index (κ2) is 5.28. The van der Waals surface area contributed by atoms with Crippen molar-refractivity contribution in [1.29, 1.82) is 0 Å². The predicted molar refractivity (Wildman–Crippen MR) is 62.1 cm³/mol. The number of ether oxygens (including phenoxy) is 1. The molecule has 0 aromatic rings. The normalized spacial score (nSPS) is 39.2. The van der Waals surface area contributed by atoms with E-state index in [0.29, 0.717) is 12.2 Å². The van der Waals surface area contributed by atoms with E-state index in [9.17, 15) is 0 Å². The Morgan fingerprint density at radius 2 is 1.93 bits per heavy atom. The lowest BCUT2D eigenvalue weighted by molar-refractivity contribution is -0.0703. The second-order valence-corrected chi connectivity index (χ2v) is 5.12. The topological polar surface area (TPSA) is 24.5 Å². The van der Waals surface area contributed by atoms with Crippen LogP contribution in [0.5, 0.6) is 0 Å². The molecule has 1 N–H and O–H groups in total. The molecule has 2 aliphatic heterocycles. The van der Waals surface area contributed by atoms with E-state index in [1.165, 1.54) is 32.4 Å². The van der Waals surface area contributed by atoms with Crippen LogP contribution in [-0.4, -0.2) is 49.3 Å². The van der Waals surface area contributed by atoms with Crippen LogP contribution >= 0.6 is 0 Å². The molecule has 1 unspecified atom stereocenters. The zero-order chi connectivity index (χ0) is 10.7. The maximum absolute atomic E-state index is 5.74. The number of rotatable bonds is 2. The molecule has 2 saturated heterocycles. The fourth-order valence-electron chi connectivity index (χ4n) is 2.82. The number of nitrogens with one attached hydrogen (secondary N) is 1. The molecule has 2 heterocycles. The van der Waals surface area contributed by atoms with Gasteiger partial charge in [0.2, 0.25) is 0 Å². The molecule has 0 radical (unpaired) electrons. The summed E-state index contributed by atoms with van der Waals surface area (Å²) >= 11 is 0. The lowest BCUT2D eigenvalue weighted by atomic mass is 10.0. The number of hydrogen-bond acceptors (Lipinski definition) is 3. The maximum atomic E-state index is 5.74. The van der Waals surface area contributed by atoms with Gasteiger partial charge in [-0.25, -0.2) is 0 Å². The first kappa shape index (κ1) is 11.4. The standard InChI is InChI=1S/C12H24N2O/c1-10-7-14(8-11(2)15-10)9-12-5-3-4-6-13-12/h10-13H,3-9H2,1-2H3/t10-,11+,12?. The van der Waals surface area contributed by atoms with E-state index in [2.05, 4.69) is 24.1 Å². The molecule has 3 heteroatoms. The van der Waals surface area contributed by atoms with Gasteiger partial charge < -0.3 is 10.1 Å². The van der Waals surface area contributed by atoms with Gasteiger partial charge >= 0.3 is 0 Å². The number of piperidine rings is 1. The van der Waals surface area contributed by atoms with Crippen molar-refractivity contribution in [2.24, 2.45) is 0 Å². The molecule has 3 nitrogen and oxygen atoms in total. The van der Waals surface area contributed by atoms with Crippen molar-refractivity contribution in [3.8, 4) is 0 Å². The van der Waals surface area contributed by atoms with Crippen molar-refractivity contribution in [3.63, 3.8) is 0 Å². The minimum absolute atomic E-state index is 0.400. The first-order chi connectivity index (χ1) is 7.24. The first-order valence-corrected chi connectivity index (χ1v) is 6.35. The van der Waals surface area contributed by atoms with Crippen LogP contribution in [0.15, 0.2) is 0 Å². The first-order valence-electron chi connectivity index (χ1n) is 6.35. The largest absolute Gasteiger partial charge is 0.373 e. The monoisotopic (exact) mass is 212 g/mol. The summed E-state index contributed by atoms with van der Waals surface area (Å²) < 4.78 is 5.74. The highest BCUT2D eigenvalue weighted by atomic mass is 16.5. The quantitative estimate of drug-likeness (QED) is 0.745. The molecule has 15 heavy (non-hydrogen) atoms. The van der Waals surface area contributed by atoms with Crippen molar-refractivity contribution in [2.75, 3.05) is 26.2 Å². The molecule has 0 aliphatic carbocycles. The summed E-state index contributed by atoms with van der Waals surface area (Å²) in [6, 6.07) is 0.719. The van der Waals surface area contributed by atoms with Gasteiger partial charge in [-0.15, -0.1) is 0 Å². The van der Waals surface area contributed by atoms with E-state index in [1.807, 2.05) is 0 Å². The summed E-state index contributed by atoms with van der Waals surface area (Å²) in [4.78, 5) is 2.56. The second-order valence-electron chi connectivity index (χ2n) is 5.12. The molecule has 0 spiro atoms. The third kappa shape index (κ3) is 3.44. The number of morpholine rings is 1. The van der Waals surface area contributed by atoms with Crippen molar-refractivity contribution in [2.45, 2.75) is 51.4 Å². The molecule has 0 saturated carbocycles. The SMILES string of the molecule is C[C@@H]1CN(CC2CCCCN2)C[C@H](C)O1. The fraction of sp³-hybridized carbons (Fsp3) is 1.00. The molecular formula is C12H24N2O. The smallest absolute Gasteiger partial charge is 0.0678 e. The van der Waals surface area contributed by atoms with Gasteiger partial charge in [0.05, 0.1) is 12.2 Å². The maximum Gasteiger partial charge on any atom is 0.0678 e. The lowest BCUT2D eigenvalue weighted by Crippen LogP contribution is -2.51. The summed E-state index contributed by atoms with van der Waals surface area (Å²) in [7, 11) is 0. The average Bonchev–Trinajstić information content (AvgIpc) is 2.17. The van der Waals surface area contributed by atoms with Gasteiger partial charge in [-0.1, -0.05) is 6.42 Å². The molecule has 0 aromatic heterocycles. The van der Waals surface area contributed by atoms with Gasteiger partial charge in [-0.05, 0) is 33.2 Å². The van der Waals surface area contributed by atoms with Crippen LogP contribution in [0.1, 0.15) is 33.1 Å². The Balaban J connectivity index is 1.77. The highest BCUT2D eigenvalue weighted by Crippen LogP contribution is 2.14. The molecule has 2 aliphatic rings. The molecule has 0 amide bonds. The molecular weight excluding hydrogens is 188 g/mol. The highest BCUT2D eigenvalue weighted by Gasteiger charge is 2.24. The van der Waals surface area contributed by atoms with Crippen LogP contribution in [0.3, 0.4) is 0 Å². The van der Waals surface area contributed by atoms with Gasteiger partial charge in [0, 0.05) is 25.7 Å². The number of hydrogen-bond donors (Lipinski definition) is 1. The zero-order valence-electron chi connectivity index (χ0n) is 10.0. The Hall–Kier alpha value is -0.120. The third-order valence-electron chi connectivity index (χ3n) is 3.39. The molecule has 3 atom stereocenters. The van der Waals surface area contributed by atoms with Crippen LogP contribution in [-0.2, 0) is 4.74 Å². The number of nitrogens with zero attached hydrogens (tertiary/aromatic N) is 1. The fourth-order valence-corrected chi connectivity index (χ4v) is 2.82. The van der Waals surface area contributed by atoms with E-state index >= 15 is 0 Å². The minimum atomic E-state index is 0.400. The van der Waals surface area contributed by atoms with Crippen molar-refractivity contribution >= 4 is 0 Å². The van der Waals surface area contributed by atoms with Crippen LogP contribution in [0.2, 0.25) is 0 Å². The highest BCUT2D eigenvalue weighted by molar-refractivity contribution is 4.80. The van der Waals surface area contributed by atoms with Crippen LogP contribution < -0.4 is 5.32 Å². The molecule has 88 valence electrons. The van der Waals surface area contributed by atoms with Crippen LogP contribution in [0.4, 0.5) is 0 Å². The Labute approximate surface area is 93.2 Å². The Morgan fingerprint density at radius 3 is 2.53 bits per heavy atom. The summed E-state index contributed by atoms with van der Waals surface area (Å²) in [6.07, 6.45) is 4.90. The Bertz CT molecular complexity index is 182. The van der Waals surface area contributed by atoms with Gasteiger partial charge in [0.25, 0.3) is 0 Å². The Kier molecular flexibility index (Phi) is 4.00. The van der Waals surface area contributed by atoms with Gasteiger partial charge in [0.15, 0.2) is 0 Å². The van der Waals surface area contributed by atoms with Crippen molar-refractivity contribution in [1.82, 2.24) is 10.2 Å². The van der Waals surface area contributed by atoms with E-state index in [-0.39, 0.29) is 0 Å². The van der Waals surface area contributed by atoms with E-state index < -0.39 is 0 Å². The summed E-state index contributed by atoms with van der Waals surface area (Å²) in [5.74, 6) is 0. The zero-order valence-corrected chi connectivity index (χ0v) is 10.0. The molecule has 2 rings (SSSR count). The summed E-state index contributed by atoms with van der Waals surface area (Å²) in [6.45, 7) is 8.97. The van der Waals surface area contributed by atoms with Crippen LogP contribution in [0, 0.1) is 0 Å². The summed E-state index contributed by atoms with van der Waals surface area (Å²) in [5, 5.41) is 3.61. The van der Waals surface area contributed by atoms with E-state index in [1.54, 1.807) is 0 Å². The van der Waals surface area contributed by atoms with E-state index in [0.717, 1.165) is 19.1 Å². The van der Waals surface area contributed by atoms with Gasteiger partial charge in [0.1, 0.15) is 0 Å². The lowest BCUT2D eigenvalue weighted by Gasteiger charge is -2.38. The average molecular weight is 212 g/mol. The van der Waals surface area contributed by atoms with Gasteiger partial charge in [-0.2, -0.15) is 0 Å². The molecule has 0 bridgehead atoms. The van der Waals surface area contributed by atoms with Crippen LogP contribution in [0.25, 0.3) is 0 Å². The van der Waals surface area contributed by atoms with Crippen molar-refractivity contribution < 1.29 is 4.74 Å².